The molecule has 1 rings (SSSR count). The van der Waals surface area contributed by atoms with Crippen LogP contribution in [-0.2, 0) is 0 Å². The maximum atomic E-state index is 5.29. The molecule has 0 nitrogen and oxygen atoms in total. The van der Waals surface area contributed by atoms with E-state index in [2.05, 4.69) is 11.8 Å². The minimum absolute atomic E-state index is 1.15. The van der Waals surface area contributed by atoms with E-state index >= 15 is 0 Å². The quantitative estimate of drug-likeness (QED) is 0.593. The monoisotopic (exact) mass is 188 g/mol. The Bertz CT molecular complexity index is 350. The topological polar surface area (TPSA) is 0 Å². The van der Waals surface area contributed by atoms with Crippen LogP contribution in [0.3, 0.4) is 0 Å². The molecule has 1 heteroatoms. The second kappa shape index (κ2) is 6.11. The molecule has 0 aromatic heterocycles. The Morgan fingerprint density at radius 2 is 1.69 bits per heavy atom. The van der Waals surface area contributed by atoms with E-state index in [0.29, 0.717) is 0 Å². The van der Waals surface area contributed by atoms with Crippen molar-refractivity contribution in [3.8, 4) is 11.8 Å². The van der Waals surface area contributed by atoms with E-state index < -0.39 is 0 Å². The van der Waals surface area contributed by atoms with E-state index in [1.165, 1.54) is 5.54 Å². The maximum Gasteiger partial charge on any atom is 0.0126 e. The van der Waals surface area contributed by atoms with Gasteiger partial charge in [0.25, 0.3) is 0 Å². The largest absolute Gasteiger partial charge is 0.0923 e. The molecule has 0 saturated carbocycles. The fourth-order valence-corrected chi connectivity index (χ4v) is 0.893. The van der Waals surface area contributed by atoms with Gasteiger partial charge in [-0.2, -0.15) is 0 Å². The lowest BCUT2D eigenvalue weighted by Gasteiger charge is -1.86. The van der Waals surface area contributed by atoms with Crippen LogP contribution in [-0.4, -0.2) is 0 Å². The molecule has 13 heavy (non-hydrogen) atoms. The van der Waals surface area contributed by atoms with Crippen LogP contribution in [0.1, 0.15) is 5.56 Å². The summed E-state index contributed by atoms with van der Waals surface area (Å²) in [5.41, 5.74) is 2.54. The summed E-state index contributed by atoms with van der Waals surface area (Å²) in [5.74, 6) is 5.59. The zero-order valence-corrected chi connectivity index (χ0v) is 7.83. The lowest BCUT2D eigenvalue weighted by atomic mass is 10.2. The minimum atomic E-state index is 1.15. The van der Waals surface area contributed by atoms with E-state index in [9.17, 15) is 0 Å². The van der Waals surface area contributed by atoms with E-state index in [0.717, 1.165) is 5.56 Å². The number of rotatable bonds is 1. The lowest BCUT2D eigenvalue weighted by Crippen LogP contribution is -1.66. The van der Waals surface area contributed by atoms with Crippen LogP contribution in [0.2, 0.25) is 0 Å². The van der Waals surface area contributed by atoms with Gasteiger partial charge in [0.05, 0.1) is 0 Å². The molecule has 0 atom stereocenters. The highest BCUT2D eigenvalue weighted by Gasteiger charge is 1.78. The Morgan fingerprint density at radius 3 is 2.38 bits per heavy atom. The Morgan fingerprint density at radius 1 is 1.00 bits per heavy atom. The van der Waals surface area contributed by atoms with E-state index in [-0.39, 0.29) is 0 Å². The number of halogens is 1. The molecular formula is C12H9Cl. The molecule has 1 aromatic carbocycles. The third-order valence-corrected chi connectivity index (χ3v) is 1.51. The fraction of sp³-hybridized carbons (Fsp3) is 0. The van der Waals surface area contributed by atoms with Gasteiger partial charge in [-0.3, -0.25) is 0 Å². The van der Waals surface area contributed by atoms with Gasteiger partial charge in [-0.1, -0.05) is 53.8 Å². The predicted octanol–water partition coefficient (Wildman–Crippen LogP) is 3.46. The third kappa shape index (κ3) is 4.20. The molecule has 0 aliphatic carbocycles. The summed E-state index contributed by atoms with van der Waals surface area (Å²) in [6.07, 6.45) is 5.35. The fourth-order valence-electron chi connectivity index (χ4n) is 0.830. The molecule has 0 heterocycles. The van der Waals surface area contributed by atoms with Crippen molar-refractivity contribution in [1.82, 2.24) is 0 Å². The van der Waals surface area contributed by atoms with Crippen LogP contribution in [0.4, 0.5) is 0 Å². The average molecular weight is 189 g/mol. The highest BCUT2D eigenvalue weighted by molar-refractivity contribution is 6.25. The average Bonchev–Trinajstić information content (AvgIpc) is 2.19. The number of hydrogen-bond donors (Lipinski definition) is 0. The minimum Gasteiger partial charge on any atom is -0.0923 e. The van der Waals surface area contributed by atoms with Gasteiger partial charge < -0.3 is 0 Å². The highest BCUT2D eigenvalue weighted by atomic mass is 35.5. The molecule has 64 valence electrons. The Labute approximate surface area is 83.5 Å². The first-order valence-electron chi connectivity index (χ1n) is 3.91. The van der Waals surface area contributed by atoms with Gasteiger partial charge in [0.2, 0.25) is 0 Å². The summed E-state index contributed by atoms with van der Waals surface area (Å²) < 4.78 is 0. The third-order valence-electron chi connectivity index (χ3n) is 1.39. The number of hydrogen-bond acceptors (Lipinski definition) is 0. The van der Waals surface area contributed by atoms with Crippen molar-refractivity contribution in [1.29, 1.82) is 0 Å². The standard InChI is InChI=1S/C12H9Cl/c13-11-7-2-1-4-8-12-9-5-3-6-10-12/h3-11H/b8-4+,11-7+. The van der Waals surface area contributed by atoms with E-state index in [1.54, 1.807) is 12.2 Å². The summed E-state index contributed by atoms with van der Waals surface area (Å²) in [6.45, 7) is 0. The number of benzene rings is 1. The Balaban J connectivity index is 2.56. The summed E-state index contributed by atoms with van der Waals surface area (Å²) in [7, 11) is 0. The summed E-state index contributed by atoms with van der Waals surface area (Å²) >= 11 is 5.29. The van der Waals surface area contributed by atoms with Crippen molar-refractivity contribution in [2.45, 2.75) is 0 Å². The van der Waals surface area contributed by atoms with Gasteiger partial charge >= 0.3 is 0 Å². The van der Waals surface area contributed by atoms with Gasteiger partial charge in [-0.25, -0.2) is 0 Å². The van der Waals surface area contributed by atoms with Crippen LogP contribution in [0.5, 0.6) is 0 Å². The first-order valence-corrected chi connectivity index (χ1v) is 4.35. The van der Waals surface area contributed by atoms with Crippen LogP contribution < -0.4 is 0 Å². The molecule has 0 amide bonds. The first-order chi connectivity index (χ1) is 6.43. The van der Waals surface area contributed by atoms with Crippen LogP contribution in [0, 0.1) is 11.8 Å². The number of allylic oxidation sites excluding steroid dienone is 2. The molecule has 0 fully saturated rings. The molecule has 0 radical (unpaired) electrons. The maximum absolute atomic E-state index is 5.29. The summed E-state index contributed by atoms with van der Waals surface area (Å²) in [6, 6.07) is 10.0. The van der Waals surface area contributed by atoms with Gasteiger partial charge in [-0.15, -0.1) is 0 Å². The van der Waals surface area contributed by atoms with Crippen molar-refractivity contribution in [2.75, 3.05) is 0 Å². The molecule has 0 unspecified atom stereocenters. The van der Waals surface area contributed by atoms with Crippen molar-refractivity contribution < 1.29 is 0 Å². The molecule has 0 N–H and O–H groups in total. The Hall–Kier alpha value is -1.45. The zero-order chi connectivity index (χ0) is 9.36. The van der Waals surface area contributed by atoms with Crippen LogP contribution >= 0.6 is 11.6 Å². The smallest absolute Gasteiger partial charge is 0.0126 e. The summed E-state index contributed by atoms with van der Waals surface area (Å²) in [4.78, 5) is 0. The van der Waals surface area contributed by atoms with Crippen LogP contribution in [0.15, 0.2) is 48.0 Å². The highest BCUT2D eigenvalue weighted by Crippen LogP contribution is 1.99. The molecule has 1 aromatic rings. The van der Waals surface area contributed by atoms with Gasteiger partial charge in [0.15, 0.2) is 0 Å². The Kier molecular flexibility index (Phi) is 4.53. The van der Waals surface area contributed by atoms with Gasteiger partial charge in [0.1, 0.15) is 0 Å². The zero-order valence-electron chi connectivity index (χ0n) is 7.07. The predicted molar refractivity (Wildman–Crippen MR) is 58.2 cm³/mol. The van der Waals surface area contributed by atoms with E-state index in [1.807, 2.05) is 36.4 Å². The van der Waals surface area contributed by atoms with Gasteiger partial charge in [-0.05, 0) is 23.8 Å². The lowest BCUT2D eigenvalue weighted by molar-refractivity contribution is 1.66. The van der Waals surface area contributed by atoms with Crippen molar-refractivity contribution >= 4 is 17.7 Å². The SMILES string of the molecule is Cl/C=C/C#C/C=C/c1ccccc1. The molecule has 0 saturated heterocycles. The second-order valence-corrected chi connectivity index (χ2v) is 2.58. The molecular weight excluding hydrogens is 180 g/mol. The summed E-state index contributed by atoms with van der Waals surface area (Å²) in [5, 5.41) is 0. The van der Waals surface area contributed by atoms with Gasteiger partial charge in [0, 0.05) is 5.54 Å². The normalized spacial score (nSPS) is 10.2. The van der Waals surface area contributed by atoms with Crippen molar-refractivity contribution in [3.05, 3.63) is 53.6 Å². The van der Waals surface area contributed by atoms with E-state index in [4.69, 9.17) is 11.6 Å². The first kappa shape index (κ1) is 9.64. The van der Waals surface area contributed by atoms with Crippen LogP contribution in [0.25, 0.3) is 6.08 Å². The molecule has 0 spiro atoms. The second-order valence-electron chi connectivity index (χ2n) is 2.33. The molecule has 0 bridgehead atoms. The van der Waals surface area contributed by atoms with Crippen molar-refractivity contribution in [3.63, 3.8) is 0 Å². The molecule has 0 aliphatic rings. The molecule has 0 aliphatic heterocycles. The van der Waals surface area contributed by atoms with Crippen molar-refractivity contribution in [2.24, 2.45) is 0 Å².